The second-order valence-corrected chi connectivity index (χ2v) is 13.5. The molecule has 0 unspecified atom stereocenters. The van der Waals surface area contributed by atoms with Gasteiger partial charge in [-0.2, -0.15) is 0 Å². The molecule has 214 valence electrons. The molecule has 0 spiro atoms. The Bertz CT molecular complexity index is 2450. The van der Waals surface area contributed by atoms with Crippen molar-refractivity contribution in [3.8, 4) is 33.4 Å². The average Bonchev–Trinajstić information content (AvgIpc) is 3.43. The van der Waals surface area contributed by atoms with Gasteiger partial charge in [0.15, 0.2) is 0 Å². The zero-order valence-corrected chi connectivity index (χ0v) is 25.9. The number of fused-ring (bicyclic) bond motifs is 7. The van der Waals surface area contributed by atoms with Crippen LogP contribution in [0.5, 0.6) is 0 Å². The maximum Gasteiger partial charge on any atom is 0.0719 e. The first-order valence-electron chi connectivity index (χ1n) is 15.9. The SMILES string of the molecule is c1ccc(C2(c3ccccc3)c3cc(-c4ccc5c(c4)-c4cccc6cccc(c46)S5)ccc3-c3ccc4ccccc4c32)cc1. The maximum absolute atomic E-state index is 2.48. The molecule has 0 atom stereocenters. The van der Waals surface area contributed by atoms with E-state index in [0.29, 0.717) is 0 Å². The second kappa shape index (κ2) is 9.81. The van der Waals surface area contributed by atoms with Crippen molar-refractivity contribution < 1.29 is 0 Å². The van der Waals surface area contributed by atoms with Crippen LogP contribution in [-0.2, 0) is 5.41 Å². The number of rotatable bonds is 3. The van der Waals surface area contributed by atoms with Crippen LogP contribution in [0.3, 0.4) is 0 Å². The Kier molecular flexibility index (Phi) is 5.53. The Hall–Kier alpha value is -5.37. The topological polar surface area (TPSA) is 0 Å². The molecular weight excluding hydrogens is 573 g/mol. The molecule has 0 saturated carbocycles. The first-order valence-corrected chi connectivity index (χ1v) is 16.7. The fourth-order valence-corrected chi connectivity index (χ4v) is 9.32. The summed E-state index contributed by atoms with van der Waals surface area (Å²) in [4.78, 5) is 2.66. The second-order valence-electron chi connectivity index (χ2n) is 12.4. The summed E-state index contributed by atoms with van der Waals surface area (Å²) in [5, 5.41) is 5.25. The van der Waals surface area contributed by atoms with Gasteiger partial charge < -0.3 is 0 Å². The van der Waals surface area contributed by atoms with E-state index in [4.69, 9.17) is 0 Å². The maximum atomic E-state index is 2.48. The molecule has 1 aliphatic carbocycles. The van der Waals surface area contributed by atoms with Crippen LogP contribution >= 0.6 is 11.8 Å². The van der Waals surface area contributed by atoms with Crippen LogP contribution in [0.15, 0.2) is 180 Å². The fraction of sp³-hybridized carbons (Fsp3) is 0.0222. The van der Waals surface area contributed by atoms with Crippen LogP contribution < -0.4 is 0 Å². The number of hydrogen-bond donors (Lipinski definition) is 0. The summed E-state index contributed by atoms with van der Waals surface area (Å²) in [5.41, 5.74) is 12.6. The predicted octanol–water partition coefficient (Wildman–Crippen LogP) is 12.2. The molecule has 0 fully saturated rings. The largest absolute Gasteiger partial charge is 0.0888 e. The van der Waals surface area contributed by atoms with E-state index in [9.17, 15) is 0 Å². The van der Waals surface area contributed by atoms with E-state index in [-0.39, 0.29) is 0 Å². The van der Waals surface area contributed by atoms with Gasteiger partial charge in [0.05, 0.1) is 5.41 Å². The predicted molar refractivity (Wildman–Crippen MR) is 194 cm³/mol. The molecule has 46 heavy (non-hydrogen) atoms. The third kappa shape index (κ3) is 3.52. The Labute approximate surface area is 273 Å². The zero-order valence-electron chi connectivity index (χ0n) is 25.1. The van der Waals surface area contributed by atoms with Crippen molar-refractivity contribution in [1.29, 1.82) is 0 Å². The molecule has 8 aromatic rings. The Balaban J connectivity index is 1.26. The van der Waals surface area contributed by atoms with Gasteiger partial charge in [0.1, 0.15) is 0 Å². The van der Waals surface area contributed by atoms with Crippen molar-refractivity contribution in [2.45, 2.75) is 15.2 Å². The molecule has 0 amide bonds. The monoisotopic (exact) mass is 600 g/mol. The van der Waals surface area contributed by atoms with Gasteiger partial charge in [-0.25, -0.2) is 0 Å². The van der Waals surface area contributed by atoms with Gasteiger partial charge >= 0.3 is 0 Å². The molecule has 0 bridgehead atoms. The Morgan fingerprint density at radius 1 is 0.391 bits per heavy atom. The molecule has 0 nitrogen and oxygen atoms in total. The van der Waals surface area contributed by atoms with Crippen LogP contribution in [0.25, 0.3) is 54.9 Å². The minimum Gasteiger partial charge on any atom is -0.0888 e. The highest BCUT2D eigenvalue weighted by Gasteiger charge is 2.47. The van der Waals surface area contributed by atoms with Crippen LogP contribution in [0, 0.1) is 0 Å². The van der Waals surface area contributed by atoms with E-state index in [2.05, 4.69) is 170 Å². The number of benzene rings is 8. The van der Waals surface area contributed by atoms with Crippen molar-refractivity contribution in [2.24, 2.45) is 0 Å². The van der Waals surface area contributed by atoms with Crippen molar-refractivity contribution in [1.82, 2.24) is 0 Å². The number of hydrogen-bond acceptors (Lipinski definition) is 1. The van der Waals surface area contributed by atoms with Crippen LogP contribution in [0.1, 0.15) is 22.3 Å². The third-order valence-electron chi connectivity index (χ3n) is 10.1. The molecular formula is C45H28S. The molecule has 0 aromatic heterocycles. The van der Waals surface area contributed by atoms with E-state index in [1.807, 2.05) is 11.8 Å². The average molecular weight is 601 g/mol. The molecule has 8 aromatic carbocycles. The Morgan fingerprint density at radius 3 is 1.85 bits per heavy atom. The van der Waals surface area contributed by atoms with Gasteiger partial charge in [-0.3, -0.25) is 0 Å². The first kappa shape index (κ1) is 25.9. The van der Waals surface area contributed by atoms with Gasteiger partial charge in [0.2, 0.25) is 0 Å². The Morgan fingerprint density at radius 2 is 1.04 bits per heavy atom. The lowest BCUT2D eigenvalue weighted by Crippen LogP contribution is -2.28. The van der Waals surface area contributed by atoms with Gasteiger partial charge in [-0.15, -0.1) is 0 Å². The van der Waals surface area contributed by atoms with Crippen LogP contribution in [-0.4, -0.2) is 0 Å². The van der Waals surface area contributed by atoms with Crippen molar-refractivity contribution in [3.63, 3.8) is 0 Å². The van der Waals surface area contributed by atoms with E-state index in [0.717, 1.165) is 0 Å². The minimum absolute atomic E-state index is 0.460. The molecule has 0 radical (unpaired) electrons. The van der Waals surface area contributed by atoms with Crippen molar-refractivity contribution in [2.75, 3.05) is 0 Å². The summed E-state index contributed by atoms with van der Waals surface area (Å²) >= 11 is 1.89. The lowest BCUT2D eigenvalue weighted by atomic mass is 9.66. The van der Waals surface area contributed by atoms with E-state index in [1.165, 1.54) is 87.0 Å². The van der Waals surface area contributed by atoms with Crippen molar-refractivity contribution in [3.05, 3.63) is 192 Å². The summed E-state index contributed by atoms with van der Waals surface area (Å²) in [7, 11) is 0. The molecule has 10 rings (SSSR count). The quantitative estimate of drug-likeness (QED) is 0.194. The third-order valence-corrected chi connectivity index (χ3v) is 11.3. The summed E-state index contributed by atoms with van der Waals surface area (Å²) in [5.74, 6) is 0. The highest BCUT2D eigenvalue weighted by atomic mass is 32.2. The first-order chi connectivity index (χ1) is 22.8. The van der Waals surface area contributed by atoms with Gasteiger partial charge in [-0.1, -0.05) is 157 Å². The minimum atomic E-state index is -0.460. The van der Waals surface area contributed by atoms with E-state index < -0.39 is 5.41 Å². The molecule has 0 N–H and O–H groups in total. The fourth-order valence-electron chi connectivity index (χ4n) is 8.19. The summed E-state index contributed by atoms with van der Waals surface area (Å²) in [6.45, 7) is 0. The molecule has 1 aliphatic heterocycles. The highest BCUT2D eigenvalue weighted by Crippen LogP contribution is 2.59. The zero-order chi connectivity index (χ0) is 30.2. The van der Waals surface area contributed by atoms with Crippen molar-refractivity contribution >= 4 is 33.3 Å². The van der Waals surface area contributed by atoms with E-state index in [1.54, 1.807) is 0 Å². The highest BCUT2D eigenvalue weighted by molar-refractivity contribution is 7.99. The molecule has 1 heteroatoms. The lowest BCUT2D eigenvalue weighted by Gasteiger charge is -2.35. The van der Waals surface area contributed by atoms with E-state index >= 15 is 0 Å². The van der Waals surface area contributed by atoms with Crippen LogP contribution in [0.2, 0.25) is 0 Å². The lowest BCUT2D eigenvalue weighted by molar-refractivity contribution is 0.776. The summed E-state index contributed by atoms with van der Waals surface area (Å²) in [6.07, 6.45) is 0. The molecule has 2 aliphatic rings. The normalized spacial score (nSPS) is 13.7. The van der Waals surface area contributed by atoms with Gasteiger partial charge in [-0.05, 0) is 96.1 Å². The molecule has 0 saturated heterocycles. The summed E-state index contributed by atoms with van der Waals surface area (Å²) < 4.78 is 0. The van der Waals surface area contributed by atoms with Gasteiger partial charge in [0, 0.05) is 15.2 Å². The molecule has 1 heterocycles. The van der Waals surface area contributed by atoms with Gasteiger partial charge in [0.25, 0.3) is 0 Å². The standard InChI is InChI=1S/C45H28S/c1-3-14-33(15-4-1)45(34-16-5-2-6-17-34)40-28-32(22-24-36(40)38-25-21-29-11-7-8-18-35(29)44(38)45)31-23-26-41-39(27-31)37-19-9-12-30-13-10-20-42(46-41)43(30)37/h1-28H. The van der Waals surface area contributed by atoms with Crippen LogP contribution in [0.4, 0.5) is 0 Å². The summed E-state index contributed by atoms with van der Waals surface area (Å²) in [6, 6.07) is 63.4. The smallest absolute Gasteiger partial charge is 0.0719 e.